The first-order chi connectivity index (χ1) is 7.46. The van der Waals surface area contributed by atoms with Crippen LogP contribution in [-0.4, -0.2) is 48.8 Å². The summed E-state index contributed by atoms with van der Waals surface area (Å²) in [5.41, 5.74) is 0.0615. The summed E-state index contributed by atoms with van der Waals surface area (Å²) < 4.78 is 5.75. The van der Waals surface area contributed by atoms with Crippen molar-refractivity contribution in [2.75, 3.05) is 20.2 Å². The maximum atomic E-state index is 5.75. The Hall–Kier alpha value is -0.120. The number of nitrogens with one attached hydrogen (secondary N) is 1. The van der Waals surface area contributed by atoms with E-state index in [9.17, 15) is 0 Å². The van der Waals surface area contributed by atoms with Gasteiger partial charge in [0.05, 0.1) is 5.60 Å². The van der Waals surface area contributed by atoms with E-state index in [1.807, 2.05) is 0 Å². The monoisotopic (exact) mass is 226 g/mol. The van der Waals surface area contributed by atoms with E-state index in [0.717, 1.165) is 25.5 Å². The molecule has 0 bridgehead atoms. The highest BCUT2D eigenvalue weighted by Gasteiger charge is 2.32. The maximum absolute atomic E-state index is 5.75. The molecule has 0 aromatic rings. The molecule has 94 valence electrons. The summed E-state index contributed by atoms with van der Waals surface area (Å²) >= 11 is 0. The molecule has 0 aliphatic carbocycles. The fourth-order valence-corrected chi connectivity index (χ4v) is 3.02. The van der Waals surface area contributed by atoms with Crippen molar-refractivity contribution in [3.05, 3.63) is 0 Å². The summed E-state index contributed by atoms with van der Waals surface area (Å²) in [6, 6.07) is 2.05. The molecule has 0 radical (unpaired) electrons. The average Bonchev–Trinajstić information content (AvgIpc) is 2.43. The van der Waals surface area contributed by atoms with Crippen LogP contribution in [0.25, 0.3) is 0 Å². The molecule has 2 aliphatic heterocycles. The van der Waals surface area contributed by atoms with Gasteiger partial charge in [0.2, 0.25) is 0 Å². The van der Waals surface area contributed by atoms with Gasteiger partial charge in [0.15, 0.2) is 0 Å². The third-order valence-electron chi connectivity index (χ3n) is 4.05. The zero-order chi connectivity index (χ0) is 11.8. The Morgan fingerprint density at radius 2 is 2.06 bits per heavy atom. The first-order valence-corrected chi connectivity index (χ1v) is 6.56. The van der Waals surface area contributed by atoms with Gasteiger partial charge in [-0.2, -0.15) is 0 Å². The Morgan fingerprint density at radius 3 is 2.62 bits per heavy atom. The van der Waals surface area contributed by atoms with Gasteiger partial charge in [0.1, 0.15) is 0 Å². The van der Waals surface area contributed by atoms with Gasteiger partial charge in [-0.1, -0.05) is 0 Å². The molecule has 2 fully saturated rings. The van der Waals surface area contributed by atoms with Crippen molar-refractivity contribution in [3.8, 4) is 0 Å². The molecule has 0 spiro atoms. The number of hydrogen-bond donors (Lipinski definition) is 1. The van der Waals surface area contributed by atoms with Gasteiger partial charge in [-0.15, -0.1) is 0 Å². The summed E-state index contributed by atoms with van der Waals surface area (Å²) in [6.07, 6.45) is 3.59. The van der Waals surface area contributed by atoms with E-state index >= 15 is 0 Å². The van der Waals surface area contributed by atoms with Crippen LogP contribution in [0.3, 0.4) is 0 Å². The first-order valence-electron chi connectivity index (χ1n) is 6.56. The van der Waals surface area contributed by atoms with Crippen molar-refractivity contribution in [2.45, 2.75) is 63.8 Å². The van der Waals surface area contributed by atoms with Crippen LogP contribution in [0.15, 0.2) is 0 Å². The van der Waals surface area contributed by atoms with Crippen molar-refractivity contribution < 1.29 is 4.74 Å². The lowest BCUT2D eigenvalue weighted by atomic mass is 9.93. The molecule has 2 heterocycles. The van der Waals surface area contributed by atoms with Gasteiger partial charge in [-0.3, -0.25) is 0 Å². The van der Waals surface area contributed by atoms with Crippen molar-refractivity contribution in [1.82, 2.24) is 10.2 Å². The zero-order valence-corrected chi connectivity index (χ0v) is 11.1. The van der Waals surface area contributed by atoms with Crippen LogP contribution < -0.4 is 5.32 Å². The number of hydrogen-bond acceptors (Lipinski definition) is 3. The van der Waals surface area contributed by atoms with E-state index in [1.165, 1.54) is 13.0 Å². The second kappa shape index (κ2) is 4.63. The molecular formula is C13H26N2O. The molecule has 2 aliphatic rings. The molecule has 3 heteroatoms. The van der Waals surface area contributed by atoms with Crippen molar-refractivity contribution in [3.63, 3.8) is 0 Å². The molecule has 2 saturated heterocycles. The standard InChI is InChI=1S/C13H26N2O/c1-10-7-12(9-15(10)4)14-11-5-6-16-13(2,3)8-11/h10-12,14H,5-9H2,1-4H3. The highest BCUT2D eigenvalue weighted by Crippen LogP contribution is 2.25. The van der Waals surface area contributed by atoms with E-state index < -0.39 is 0 Å². The topological polar surface area (TPSA) is 24.5 Å². The molecule has 2 rings (SSSR count). The lowest BCUT2D eigenvalue weighted by Gasteiger charge is -2.37. The Bertz CT molecular complexity index is 232. The van der Waals surface area contributed by atoms with Gasteiger partial charge >= 0.3 is 0 Å². The minimum absolute atomic E-state index is 0.0615. The summed E-state index contributed by atoms with van der Waals surface area (Å²) in [7, 11) is 2.22. The average molecular weight is 226 g/mol. The Balaban J connectivity index is 1.82. The fraction of sp³-hybridized carbons (Fsp3) is 1.00. The van der Waals surface area contributed by atoms with Gasteiger partial charge in [-0.25, -0.2) is 0 Å². The van der Waals surface area contributed by atoms with Crippen LogP contribution in [0.4, 0.5) is 0 Å². The SMILES string of the molecule is CC1CC(NC2CCOC(C)(C)C2)CN1C. The Labute approximate surface area is 99.5 Å². The molecule has 1 N–H and O–H groups in total. The van der Waals surface area contributed by atoms with E-state index in [1.54, 1.807) is 0 Å². The lowest BCUT2D eigenvalue weighted by molar-refractivity contribution is -0.0639. The molecule has 3 atom stereocenters. The third-order valence-corrected chi connectivity index (χ3v) is 4.05. The van der Waals surface area contributed by atoms with Crippen molar-refractivity contribution in [1.29, 1.82) is 0 Å². The molecular weight excluding hydrogens is 200 g/mol. The lowest BCUT2D eigenvalue weighted by Crippen LogP contribution is -2.47. The number of likely N-dealkylation sites (tertiary alicyclic amines) is 1. The number of rotatable bonds is 2. The molecule has 0 aromatic carbocycles. The van der Waals surface area contributed by atoms with E-state index in [0.29, 0.717) is 12.1 Å². The quantitative estimate of drug-likeness (QED) is 0.774. The van der Waals surface area contributed by atoms with Crippen LogP contribution in [0, 0.1) is 0 Å². The second-order valence-electron chi connectivity index (χ2n) is 6.19. The molecule has 0 aromatic heterocycles. The number of nitrogens with zero attached hydrogens (tertiary/aromatic N) is 1. The van der Waals surface area contributed by atoms with Gasteiger partial charge < -0.3 is 15.0 Å². The normalized spacial score (nSPS) is 40.1. The summed E-state index contributed by atoms with van der Waals surface area (Å²) in [6.45, 7) is 8.81. The third kappa shape index (κ3) is 2.96. The summed E-state index contributed by atoms with van der Waals surface area (Å²) in [5.74, 6) is 0. The maximum Gasteiger partial charge on any atom is 0.0641 e. The summed E-state index contributed by atoms with van der Waals surface area (Å²) in [5, 5.41) is 3.81. The van der Waals surface area contributed by atoms with Crippen molar-refractivity contribution >= 4 is 0 Å². The van der Waals surface area contributed by atoms with Gasteiger partial charge in [-0.05, 0) is 47.1 Å². The van der Waals surface area contributed by atoms with Gasteiger partial charge in [0.25, 0.3) is 0 Å². The Kier molecular flexibility index (Phi) is 3.57. The number of likely N-dealkylation sites (N-methyl/N-ethyl adjacent to an activating group) is 1. The van der Waals surface area contributed by atoms with Crippen LogP contribution in [0.5, 0.6) is 0 Å². The van der Waals surface area contributed by atoms with Gasteiger partial charge in [0, 0.05) is 31.3 Å². The minimum Gasteiger partial charge on any atom is -0.375 e. The smallest absolute Gasteiger partial charge is 0.0641 e. The van der Waals surface area contributed by atoms with E-state index in [4.69, 9.17) is 4.74 Å². The predicted molar refractivity (Wildman–Crippen MR) is 66.7 cm³/mol. The van der Waals surface area contributed by atoms with E-state index in [2.05, 4.69) is 38.0 Å². The van der Waals surface area contributed by atoms with Crippen molar-refractivity contribution in [2.24, 2.45) is 0 Å². The molecule has 0 amide bonds. The Morgan fingerprint density at radius 1 is 1.31 bits per heavy atom. The molecule has 0 saturated carbocycles. The molecule has 3 unspecified atom stereocenters. The highest BCUT2D eigenvalue weighted by atomic mass is 16.5. The van der Waals surface area contributed by atoms with Crippen LogP contribution in [0.2, 0.25) is 0 Å². The fourth-order valence-electron chi connectivity index (χ4n) is 3.02. The molecule has 16 heavy (non-hydrogen) atoms. The first kappa shape index (κ1) is 12.3. The second-order valence-corrected chi connectivity index (χ2v) is 6.19. The summed E-state index contributed by atoms with van der Waals surface area (Å²) in [4.78, 5) is 2.45. The zero-order valence-electron chi connectivity index (χ0n) is 11.1. The van der Waals surface area contributed by atoms with E-state index in [-0.39, 0.29) is 5.60 Å². The number of ether oxygens (including phenoxy) is 1. The minimum atomic E-state index is 0.0615. The van der Waals surface area contributed by atoms with Crippen LogP contribution in [-0.2, 0) is 4.74 Å². The van der Waals surface area contributed by atoms with Crippen LogP contribution >= 0.6 is 0 Å². The van der Waals surface area contributed by atoms with Crippen LogP contribution in [0.1, 0.15) is 40.0 Å². The molecule has 3 nitrogen and oxygen atoms in total. The highest BCUT2D eigenvalue weighted by molar-refractivity contribution is 4.90. The largest absolute Gasteiger partial charge is 0.375 e. The predicted octanol–water partition coefficient (Wildman–Crippen LogP) is 1.63.